The maximum Gasteiger partial charge on any atom is 0.242 e. The standard InChI is InChI=1S/C22H26FN3O3/c1-16-4-9-21(29-3)20(14-16)26(17(2)27)15-22(28)25-12-10-24(11-13-25)19-7-5-18(23)6-8-19/h4-9,14H,10-13,15H2,1-3H3. The topological polar surface area (TPSA) is 53.1 Å². The number of amides is 2. The molecule has 0 N–H and O–H groups in total. The Labute approximate surface area is 170 Å². The quantitative estimate of drug-likeness (QED) is 0.776. The molecule has 0 bridgehead atoms. The van der Waals surface area contributed by atoms with Crippen LogP contribution in [0.15, 0.2) is 42.5 Å². The Balaban J connectivity index is 1.66. The average Bonchev–Trinajstić information content (AvgIpc) is 2.72. The van der Waals surface area contributed by atoms with Gasteiger partial charge in [-0.3, -0.25) is 14.5 Å². The Kier molecular flexibility index (Phi) is 6.36. The van der Waals surface area contributed by atoms with Crippen LogP contribution in [0.1, 0.15) is 12.5 Å². The third kappa shape index (κ3) is 4.85. The number of nitrogens with zero attached hydrogens (tertiary/aromatic N) is 3. The maximum atomic E-state index is 13.1. The van der Waals surface area contributed by atoms with Gasteiger partial charge in [0.2, 0.25) is 11.8 Å². The molecule has 154 valence electrons. The lowest BCUT2D eigenvalue weighted by Crippen LogP contribution is -2.51. The molecule has 2 amide bonds. The summed E-state index contributed by atoms with van der Waals surface area (Å²) in [6.45, 7) is 5.75. The predicted octanol–water partition coefficient (Wildman–Crippen LogP) is 2.84. The van der Waals surface area contributed by atoms with Crippen molar-refractivity contribution >= 4 is 23.2 Å². The van der Waals surface area contributed by atoms with E-state index in [9.17, 15) is 14.0 Å². The van der Waals surface area contributed by atoms with Crippen LogP contribution in [-0.2, 0) is 9.59 Å². The number of methoxy groups -OCH3 is 1. The first-order valence-electron chi connectivity index (χ1n) is 9.60. The average molecular weight is 399 g/mol. The number of ether oxygens (including phenoxy) is 1. The summed E-state index contributed by atoms with van der Waals surface area (Å²) in [6, 6.07) is 11.9. The molecule has 1 aliphatic heterocycles. The molecule has 0 aromatic heterocycles. The van der Waals surface area contributed by atoms with Crippen molar-refractivity contribution in [3.8, 4) is 5.75 Å². The maximum absolute atomic E-state index is 13.1. The van der Waals surface area contributed by atoms with Crippen molar-refractivity contribution in [2.24, 2.45) is 0 Å². The van der Waals surface area contributed by atoms with Crippen LogP contribution in [0.3, 0.4) is 0 Å². The van der Waals surface area contributed by atoms with Gasteiger partial charge in [0.15, 0.2) is 0 Å². The highest BCUT2D eigenvalue weighted by atomic mass is 19.1. The van der Waals surface area contributed by atoms with E-state index in [0.29, 0.717) is 37.6 Å². The number of carbonyl (C=O) groups excluding carboxylic acids is 2. The SMILES string of the molecule is COc1ccc(C)cc1N(CC(=O)N1CCN(c2ccc(F)cc2)CC1)C(C)=O. The molecule has 2 aromatic carbocycles. The predicted molar refractivity (Wildman–Crippen MR) is 111 cm³/mol. The summed E-state index contributed by atoms with van der Waals surface area (Å²) in [4.78, 5) is 30.5. The molecule has 0 radical (unpaired) electrons. The largest absolute Gasteiger partial charge is 0.495 e. The number of anilines is 2. The molecule has 6 nitrogen and oxygen atoms in total. The smallest absolute Gasteiger partial charge is 0.242 e. The molecule has 1 saturated heterocycles. The first-order valence-corrected chi connectivity index (χ1v) is 9.60. The summed E-state index contributed by atoms with van der Waals surface area (Å²) in [5, 5.41) is 0. The second kappa shape index (κ2) is 8.94. The number of carbonyl (C=O) groups is 2. The van der Waals surface area contributed by atoms with Gasteiger partial charge in [0, 0.05) is 38.8 Å². The van der Waals surface area contributed by atoms with Crippen LogP contribution in [0.4, 0.5) is 15.8 Å². The highest BCUT2D eigenvalue weighted by Gasteiger charge is 2.26. The van der Waals surface area contributed by atoms with Crippen molar-refractivity contribution in [2.45, 2.75) is 13.8 Å². The molecular weight excluding hydrogens is 373 g/mol. The van der Waals surface area contributed by atoms with Gasteiger partial charge >= 0.3 is 0 Å². The molecule has 2 aromatic rings. The number of aryl methyl sites for hydroxylation is 1. The van der Waals surface area contributed by atoms with Gasteiger partial charge in [-0.2, -0.15) is 0 Å². The molecule has 0 spiro atoms. The third-order valence-corrected chi connectivity index (χ3v) is 5.12. The van der Waals surface area contributed by atoms with Crippen LogP contribution >= 0.6 is 0 Å². The van der Waals surface area contributed by atoms with E-state index in [1.165, 1.54) is 24.0 Å². The van der Waals surface area contributed by atoms with Gasteiger partial charge in [0.05, 0.1) is 12.8 Å². The lowest BCUT2D eigenvalue weighted by atomic mass is 10.2. The highest BCUT2D eigenvalue weighted by molar-refractivity contribution is 5.98. The first-order chi connectivity index (χ1) is 13.9. The summed E-state index contributed by atoms with van der Waals surface area (Å²) in [6.07, 6.45) is 0. The van der Waals surface area contributed by atoms with Crippen molar-refractivity contribution in [3.05, 3.63) is 53.8 Å². The Morgan fingerprint density at radius 1 is 1.07 bits per heavy atom. The zero-order valence-electron chi connectivity index (χ0n) is 17.0. The normalized spacial score (nSPS) is 13.9. The minimum absolute atomic E-state index is 0.0360. The van der Waals surface area contributed by atoms with E-state index in [0.717, 1.165) is 11.3 Å². The number of hydrogen-bond acceptors (Lipinski definition) is 4. The number of rotatable bonds is 5. The monoisotopic (exact) mass is 399 g/mol. The van der Waals surface area contributed by atoms with Crippen molar-refractivity contribution in [1.29, 1.82) is 0 Å². The highest BCUT2D eigenvalue weighted by Crippen LogP contribution is 2.29. The number of hydrogen-bond donors (Lipinski definition) is 0. The zero-order chi connectivity index (χ0) is 21.0. The fourth-order valence-electron chi connectivity index (χ4n) is 3.48. The minimum Gasteiger partial charge on any atom is -0.495 e. The molecule has 0 aliphatic carbocycles. The molecule has 1 aliphatic rings. The van der Waals surface area contributed by atoms with Gasteiger partial charge in [-0.05, 0) is 48.9 Å². The fraction of sp³-hybridized carbons (Fsp3) is 0.364. The Morgan fingerprint density at radius 2 is 1.72 bits per heavy atom. The lowest BCUT2D eigenvalue weighted by molar-refractivity contribution is -0.131. The Bertz CT molecular complexity index is 877. The number of piperazine rings is 1. The van der Waals surface area contributed by atoms with Gasteiger partial charge in [0.25, 0.3) is 0 Å². The van der Waals surface area contributed by atoms with Gasteiger partial charge < -0.3 is 14.5 Å². The van der Waals surface area contributed by atoms with Gasteiger partial charge in [0.1, 0.15) is 18.1 Å². The number of benzene rings is 2. The molecular formula is C22H26FN3O3. The van der Waals surface area contributed by atoms with Crippen molar-refractivity contribution in [3.63, 3.8) is 0 Å². The van der Waals surface area contributed by atoms with E-state index in [4.69, 9.17) is 4.74 Å². The molecule has 0 unspecified atom stereocenters. The van der Waals surface area contributed by atoms with Crippen molar-refractivity contribution in [1.82, 2.24) is 4.90 Å². The molecule has 1 heterocycles. The Morgan fingerprint density at radius 3 is 2.31 bits per heavy atom. The summed E-state index contributed by atoms with van der Waals surface area (Å²) >= 11 is 0. The lowest BCUT2D eigenvalue weighted by Gasteiger charge is -2.37. The van der Waals surface area contributed by atoms with Gasteiger partial charge in [-0.15, -0.1) is 0 Å². The zero-order valence-corrected chi connectivity index (χ0v) is 17.0. The molecule has 0 saturated carbocycles. The van der Waals surface area contributed by atoms with Crippen LogP contribution in [-0.4, -0.2) is 56.5 Å². The van der Waals surface area contributed by atoms with E-state index >= 15 is 0 Å². The van der Waals surface area contributed by atoms with E-state index < -0.39 is 0 Å². The van der Waals surface area contributed by atoms with E-state index in [1.807, 2.05) is 19.1 Å². The molecule has 0 atom stereocenters. The van der Waals surface area contributed by atoms with E-state index in [1.54, 1.807) is 30.2 Å². The van der Waals surface area contributed by atoms with Crippen LogP contribution in [0.5, 0.6) is 5.75 Å². The first kappa shape index (κ1) is 20.6. The second-order valence-electron chi connectivity index (χ2n) is 7.12. The summed E-state index contributed by atoms with van der Waals surface area (Å²) < 4.78 is 18.5. The van der Waals surface area contributed by atoms with Gasteiger partial charge in [-0.1, -0.05) is 6.07 Å². The van der Waals surface area contributed by atoms with E-state index in [-0.39, 0.29) is 24.2 Å². The molecule has 29 heavy (non-hydrogen) atoms. The summed E-state index contributed by atoms with van der Waals surface area (Å²) in [5.74, 6) is -0.0343. The van der Waals surface area contributed by atoms with Crippen molar-refractivity contribution in [2.75, 3.05) is 49.6 Å². The van der Waals surface area contributed by atoms with Gasteiger partial charge in [-0.25, -0.2) is 4.39 Å². The van der Waals surface area contributed by atoms with E-state index in [2.05, 4.69) is 4.90 Å². The molecule has 1 fully saturated rings. The molecule has 3 rings (SSSR count). The van der Waals surface area contributed by atoms with Crippen LogP contribution < -0.4 is 14.5 Å². The van der Waals surface area contributed by atoms with Crippen molar-refractivity contribution < 1.29 is 18.7 Å². The van der Waals surface area contributed by atoms with Crippen LogP contribution in [0, 0.1) is 12.7 Å². The fourth-order valence-corrected chi connectivity index (χ4v) is 3.48. The second-order valence-corrected chi connectivity index (χ2v) is 7.12. The number of halogens is 1. The Hall–Kier alpha value is -3.09. The van der Waals surface area contributed by atoms with Crippen LogP contribution in [0.25, 0.3) is 0 Å². The van der Waals surface area contributed by atoms with Crippen LogP contribution in [0.2, 0.25) is 0 Å². The summed E-state index contributed by atoms with van der Waals surface area (Å²) in [7, 11) is 1.54. The third-order valence-electron chi connectivity index (χ3n) is 5.12. The minimum atomic E-state index is -0.265. The molecule has 7 heteroatoms. The summed E-state index contributed by atoms with van der Waals surface area (Å²) in [5.41, 5.74) is 2.51.